The van der Waals surface area contributed by atoms with Gasteiger partial charge in [0.25, 0.3) is 0 Å². The quantitative estimate of drug-likeness (QED) is 0.671. The number of aliphatic hydroxyl groups excluding tert-OH is 1. The van der Waals surface area contributed by atoms with Crippen LogP contribution >= 0.6 is 12.2 Å². The number of benzene rings is 1. The van der Waals surface area contributed by atoms with Crippen molar-refractivity contribution in [3.8, 4) is 0 Å². The summed E-state index contributed by atoms with van der Waals surface area (Å²) in [6, 6.07) is 4.63. The van der Waals surface area contributed by atoms with Gasteiger partial charge in [-0.05, 0) is 24.6 Å². The second kappa shape index (κ2) is 8.70. The molecule has 152 valence electrons. The topological polar surface area (TPSA) is 99.3 Å². The summed E-state index contributed by atoms with van der Waals surface area (Å²) in [4.78, 5) is 28.8. The smallest absolute Gasteiger partial charge is 0.414 e. The number of halogens is 1. The molecule has 2 fully saturated rings. The lowest BCUT2D eigenvalue weighted by atomic mass is 10.1. The van der Waals surface area contributed by atoms with Crippen molar-refractivity contribution in [1.82, 2.24) is 4.90 Å². The first-order valence-corrected chi connectivity index (χ1v) is 9.49. The number of aliphatic hydroxyl groups is 1. The Morgan fingerprint density at radius 3 is 2.64 bits per heavy atom. The van der Waals surface area contributed by atoms with E-state index < -0.39 is 18.5 Å². The maximum Gasteiger partial charge on any atom is 0.414 e. The molecule has 0 radical (unpaired) electrons. The van der Waals surface area contributed by atoms with Gasteiger partial charge in [-0.1, -0.05) is 12.2 Å². The Morgan fingerprint density at radius 1 is 1.32 bits per heavy atom. The maximum absolute atomic E-state index is 14.7. The maximum atomic E-state index is 14.7. The standard InChI is InChI=1S/C18H23FN4O4S/c19-14-9-12(23-10-13(27-18(23)26)2-4-16(20)28)1-3-15(14)21-5-7-22(8-6-21)17(25)11-24/h1,3,9,13,24H,2,4-8,10-11H2,(H2,20,28)/t13-/m0/s1. The number of carbonyl (C=O) groups is 2. The van der Waals surface area contributed by atoms with Crippen LogP contribution < -0.4 is 15.5 Å². The fourth-order valence-electron chi connectivity index (χ4n) is 3.40. The molecule has 0 bridgehead atoms. The number of hydrogen-bond acceptors (Lipinski definition) is 6. The Labute approximate surface area is 167 Å². The second-order valence-electron chi connectivity index (χ2n) is 6.78. The van der Waals surface area contributed by atoms with E-state index in [1.54, 1.807) is 17.0 Å². The van der Waals surface area contributed by atoms with Crippen LogP contribution in [0.2, 0.25) is 0 Å². The molecule has 2 amide bonds. The first-order chi connectivity index (χ1) is 13.4. The molecule has 1 atom stereocenters. The van der Waals surface area contributed by atoms with E-state index in [2.05, 4.69) is 0 Å². The molecule has 2 aliphatic heterocycles. The van der Waals surface area contributed by atoms with Crippen LogP contribution in [0.5, 0.6) is 0 Å². The molecule has 10 heteroatoms. The highest BCUT2D eigenvalue weighted by molar-refractivity contribution is 7.80. The Kier molecular flexibility index (Phi) is 6.30. The molecule has 2 saturated heterocycles. The van der Waals surface area contributed by atoms with E-state index in [0.29, 0.717) is 61.9 Å². The molecule has 1 aromatic rings. The van der Waals surface area contributed by atoms with Crippen LogP contribution in [0.4, 0.5) is 20.6 Å². The Hall–Kier alpha value is -2.46. The molecular weight excluding hydrogens is 387 g/mol. The number of nitrogens with zero attached hydrogens (tertiary/aromatic N) is 3. The predicted molar refractivity (Wildman–Crippen MR) is 106 cm³/mol. The van der Waals surface area contributed by atoms with E-state index in [1.807, 2.05) is 4.90 Å². The summed E-state index contributed by atoms with van der Waals surface area (Å²) in [5, 5.41) is 8.93. The molecule has 0 aliphatic carbocycles. The molecule has 0 aromatic heterocycles. The molecule has 0 spiro atoms. The number of carbonyl (C=O) groups excluding carboxylic acids is 2. The first kappa shape index (κ1) is 20.3. The van der Waals surface area contributed by atoms with Crippen molar-refractivity contribution in [2.24, 2.45) is 5.73 Å². The number of cyclic esters (lactones) is 1. The lowest BCUT2D eigenvalue weighted by Crippen LogP contribution is -2.49. The lowest BCUT2D eigenvalue weighted by molar-refractivity contribution is -0.134. The molecule has 0 unspecified atom stereocenters. The lowest BCUT2D eigenvalue weighted by Gasteiger charge is -2.36. The Morgan fingerprint density at radius 2 is 2.04 bits per heavy atom. The minimum atomic E-state index is -0.521. The second-order valence-corrected chi connectivity index (χ2v) is 7.31. The van der Waals surface area contributed by atoms with E-state index in [0.717, 1.165) is 0 Å². The Balaban J connectivity index is 1.64. The molecule has 0 saturated carbocycles. The van der Waals surface area contributed by atoms with Crippen LogP contribution in [-0.2, 0) is 9.53 Å². The molecule has 8 nitrogen and oxygen atoms in total. The molecule has 1 aromatic carbocycles. The third kappa shape index (κ3) is 4.50. The minimum Gasteiger partial charge on any atom is -0.444 e. The monoisotopic (exact) mass is 410 g/mol. The SMILES string of the molecule is NC(=S)CC[C@H]1CN(c2ccc(N3CCN(C(=O)CO)CC3)c(F)c2)C(=O)O1. The van der Waals surface area contributed by atoms with E-state index in [9.17, 15) is 14.0 Å². The highest BCUT2D eigenvalue weighted by Crippen LogP contribution is 2.29. The summed E-state index contributed by atoms with van der Waals surface area (Å²) < 4.78 is 20.0. The fraction of sp³-hybridized carbons (Fsp3) is 0.500. The van der Waals surface area contributed by atoms with Crippen LogP contribution in [0.3, 0.4) is 0 Å². The van der Waals surface area contributed by atoms with E-state index in [-0.39, 0.29) is 12.0 Å². The number of hydrogen-bond donors (Lipinski definition) is 2. The number of ether oxygens (including phenoxy) is 1. The van der Waals surface area contributed by atoms with Gasteiger partial charge < -0.3 is 25.4 Å². The largest absolute Gasteiger partial charge is 0.444 e. The van der Waals surface area contributed by atoms with Crippen molar-refractivity contribution in [3.63, 3.8) is 0 Å². The third-order valence-corrected chi connectivity index (χ3v) is 5.14. The number of rotatable bonds is 6. The number of piperazine rings is 1. The van der Waals surface area contributed by atoms with Gasteiger partial charge in [0.2, 0.25) is 5.91 Å². The van der Waals surface area contributed by atoms with Crippen molar-refractivity contribution in [2.75, 3.05) is 49.1 Å². The number of nitrogens with two attached hydrogens (primary N) is 1. The zero-order valence-electron chi connectivity index (χ0n) is 15.3. The first-order valence-electron chi connectivity index (χ1n) is 9.08. The Bertz CT molecular complexity index is 770. The highest BCUT2D eigenvalue weighted by atomic mass is 32.1. The third-order valence-electron chi connectivity index (χ3n) is 4.94. The molecule has 28 heavy (non-hydrogen) atoms. The van der Waals surface area contributed by atoms with Gasteiger partial charge in [0, 0.05) is 32.6 Å². The van der Waals surface area contributed by atoms with Crippen LogP contribution in [-0.4, -0.2) is 72.4 Å². The summed E-state index contributed by atoms with van der Waals surface area (Å²) in [5.41, 5.74) is 6.32. The summed E-state index contributed by atoms with van der Waals surface area (Å²) in [5.74, 6) is -0.771. The number of thiocarbonyl (C=S) groups is 1. The molecule has 3 rings (SSSR count). The van der Waals surface area contributed by atoms with Crippen molar-refractivity contribution in [3.05, 3.63) is 24.0 Å². The van der Waals surface area contributed by atoms with Crippen LogP contribution in [0, 0.1) is 5.82 Å². The fourth-order valence-corrected chi connectivity index (χ4v) is 3.52. The van der Waals surface area contributed by atoms with Gasteiger partial charge in [-0.3, -0.25) is 9.69 Å². The van der Waals surface area contributed by atoms with Gasteiger partial charge in [0.05, 0.1) is 22.9 Å². The molecule has 3 N–H and O–H groups in total. The van der Waals surface area contributed by atoms with E-state index in [4.69, 9.17) is 27.8 Å². The van der Waals surface area contributed by atoms with Crippen LogP contribution in [0.1, 0.15) is 12.8 Å². The van der Waals surface area contributed by atoms with Gasteiger partial charge in [0.1, 0.15) is 18.5 Å². The summed E-state index contributed by atoms with van der Waals surface area (Å²) >= 11 is 4.84. The summed E-state index contributed by atoms with van der Waals surface area (Å²) in [7, 11) is 0. The van der Waals surface area contributed by atoms with Gasteiger partial charge in [0.15, 0.2) is 0 Å². The average Bonchev–Trinajstić information content (AvgIpc) is 3.06. The number of anilines is 2. The molecule has 2 heterocycles. The number of amides is 2. The van der Waals surface area contributed by atoms with Gasteiger partial charge in [-0.15, -0.1) is 0 Å². The predicted octanol–water partition coefficient (Wildman–Crippen LogP) is 0.858. The zero-order valence-corrected chi connectivity index (χ0v) is 16.2. The normalized spacial score (nSPS) is 19.7. The molecule has 2 aliphatic rings. The average molecular weight is 410 g/mol. The van der Waals surface area contributed by atoms with Crippen molar-refractivity contribution in [1.29, 1.82) is 0 Å². The van der Waals surface area contributed by atoms with Crippen LogP contribution in [0.25, 0.3) is 0 Å². The van der Waals surface area contributed by atoms with Gasteiger partial charge in [-0.25, -0.2) is 9.18 Å². The minimum absolute atomic E-state index is 0.322. The highest BCUT2D eigenvalue weighted by Gasteiger charge is 2.33. The van der Waals surface area contributed by atoms with Crippen molar-refractivity contribution < 1.29 is 23.8 Å². The van der Waals surface area contributed by atoms with E-state index >= 15 is 0 Å². The summed E-state index contributed by atoms with van der Waals surface area (Å²) in [6.45, 7) is 1.58. The van der Waals surface area contributed by atoms with Crippen molar-refractivity contribution >= 4 is 40.6 Å². The van der Waals surface area contributed by atoms with Gasteiger partial charge >= 0.3 is 6.09 Å². The van der Waals surface area contributed by atoms with Crippen LogP contribution in [0.15, 0.2) is 18.2 Å². The molecular formula is C18H23FN4O4S. The zero-order chi connectivity index (χ0) is 20.3. The van der Waals surface area contributed by atoms with E-state index in [1.165, 1.54) is 11.0 Å². The van der Waals surface area contributed by atoms with Gasteiger partial charge in [-0.2, -0.15) is 0 Å². The summed E-state index contributed by atoms with van der Waals surface area (Å²) in [6.07, 6.45) is 0.179. The van der Waals surface area contributed by atoms with Crippen molar-refractivity contribution in [2.45, 2.75) is 18.9 Å².